The Balaban J connectivity index is 1.91. The largest absolute Gasteiger partial charge is 0.364 e. The molecule has 1 N–H and O–H groups in total. The standard InChI is InChI=1S/C9H7ClN6S/c10-7-1-8(11-2-6-3-17-5-13-6)16-9(15-7)12-4-14-16/h1,3-5,11H,2H2. The van der Waals surface area contributed by atoms with Crippen molar-refractivity contribution in [3.05, 3.63) is 34.1 Å². The zero-order valence-electron chi connectivity index (χ0n) is 8.54. The summed E-state index contributed by atoms with van der Waals surface area (Å²) in [6, 6.07) is 1.70. The summed E-state index contributed by atoms with van der Waals surface area (Å²) in [4.78, 5) is 12.2. The molecule has 0 aliphatic carbocycles. The Hall–Kier alpha value is -1.73. The molecule has 17 heavy (non-hydrogen) atoms. The van der Waals surface area contributed by atoms with Gasteiger partial charge >= 0.3 is 0 Å². The lowest BCUT2D eigenvalue weighted by molar-refractivity contribution is 0.919. The van der Waals surface area contributed by atoms with Crippen molar-refractivity contribution in [1.82, 2.24) is 24.6 Å². The van der Waals surface area contributed by atoms with E-state index in [-0.39, 0.29) is 0 Å². The molecular weight excluding hydrogens is 260 g/mol. The van der Waals surface area contributed by atoms with Gasteiger partial charge in [0.1, 0.15) is 17.3 Å². The zero-order valence-corrected chi connectivity index (χ0v) is 10.1. The van der Waals surface area contributed by atoms with Crippen LogP contribution < -0.4 is 5.32 Å². The zero-order chi connectivity index (χ0) is 11.7. The first-order chi connectivity index (χ1) is 8.33. The Kier molecular flexibility index (Phi) is 2.62. The summed E-state index contributed by atoms with van der Waals surface area (Å²) < 4.78 is 1.60. The molecule has 0 unspecified atom stereocenters. The van der Waals surface area contributed by atoms with Gasteiger partial charge in [-0.1, -0.05) is 11.6 Å². The first-order valence-electron chi connectivity index (χ1n) is 4.80. The first kappa shape index (κ1) is 10.4. The Morgan fingerprint density at radius 1 is 1.41 bits per heavy atom. The fourth-order valence-corrected chi connectivity index (χ4v) is 2.15. The molecule has 0 aliphatic heterocycles. The van der Waals surface area contributed by atoms with Crippen LogP contribution >= 0.6 is 22.9 Å². The van der Waals surface area contributed by atoms with Crippen LogP contribution in [0.1, 0.15) is 5.69 Å². The smallest absolute Gasteiger partial charge is 0.255 e. The maximum absolute atomic E-state index is 5.90. The Morgan fingerprint density at radius 3 is 3.18 bits per heavy atom. The van der Waals surface area contributed by atoms with Gasteiger partial charge in [0.2, 0.25) is 0 Å². The average molecular weight is 267 g/mol. The van der Waals surface area contributed by atoms with Crippen LogP contribution in [0.2, 0.25) is 5.15 Å². The predicted octanol–water partition coefficient (Wildman–Crippen LogP) is 1.85. The number of anilines is 1. The van der Waals surface area contributed by atoms with E-state index >= 15 is 0 Å². The van der Waals surface area contributed by atoms with Crippen LogP contribution in [0.25, 0.3) is 5.78 Å². The van der Waals surface area contributed by atoms with Gasteiger partial charge in [0.15, 0.2) is 0 Å². The molecule has 8 heteroatoms. The SMILES string of the molecule is Clc1cc(NCc2cscn2)n2ncnc2n1. The minimum absolute atomic E-state index is 0.381. The van der Waals surface area contributed by atoms with E-state index < -0.39 is 0 Å². The highest BCUT2D eigenvalue weighted by atomic mass is 35.5. The van der Waals surface area contributed by atoms with Crippen LogP contribution in [0.5, 0.6) is 0 Å². The van der Waals surface area contributed by atoms with Crippen molar-refractivity contribution in [1.29, 1.82) is 0 Å². The molecule has 3 heterocycles. The molecule has 0 spiro atoms. The highest BCUT2D eigenvalue weighted by Gasteiger charge is 2.06. The van der Waals surface area contributed by atoms with Gasteiger partial charge < -0.3 is 5.32 Å². The van der Waals surface area contributed by atoms with Gasteiger partial charge in [0.05, 0.1) is 17.7 Å². The third-order valence-corrected chi connectivity index (χ3v) is 2.98. The molecule has 0 saturated carbocycles. The number of halogens is 1. The van der Waals surface area contributed by atoms with E-state index in [0.717, 1.165) is 11.5 Å². The third kappa shape index (κ3) is 2.06. The number of rotatable bonds is 3. The lowest BCUT2D eigenvalue weighted by Crippen LogP contribution is -2.06. The number of fused-ring (bicyclic) bond motifs is 1. The van der Waals surface area contributed by atoms with Crippen LogP contribution in [-0.2, 0) is 6.54 Å². The summed E-state index contributed by atoms with van der Waals surface area (Å²) in [5.41, 5.74) is 2.76. The quantitative estimate of drug-likeness (QED) is 0.733. The molecule has 0 atom stereocenters. The Bertz CT molecular complexity index is 634. The number of thiazole rings is 1. The predicted molar refractivity (Wildman–Crippen MR) is 65.2 cm³/mol. The molecule has 0 bridgehead atoms. The molecule has 0 aromatic carbocycles. The van der Waals surface area contributed by atoms with E-state index in [1.807, 2.05) is 5.38 Å². The number of nitrogens with one attached hydrogen (secondary N) is 1. The molecule has 3 rings (SSSR count). The van der Waals surface area contributed by atoms with Gasteiger partial charge in [-0.05, 0) is 0 Å². The van der Waals surface area contributed by atoms with Crippen LogP contribution in [0.15, 0.2) is 23.3 Å². The molecule has 6 nitrogen and oxygen atoms in total. The number of hydrogen-bond donors (Lipinski definition) is 1. The van der Waals surface area contributed by atoms with Crippen molar-refractivity contribution in [2.45, 2.75) is 6.54 Å². The maximum Gasteiger partial charge on any atom is 0.255 e. The fourth-order valence-electron chi connectivity index (χ4n) is 1.42. The van der Waals surface area contributed by atoms with E-state index in [1.54, 1.807) is 27.4 Å². The van der Waals surface area contributed by atoms with Crippen LogP contribution in [0, 0.1) is 0 Å². The van der Waals surface area contributed by atoms with Gasteiger partial charge in [-0.15, -0.1) is 11.3 Å². The van der Waals surface area contributed by atoms with Gasteiger partial charge in [0, 0.05) is 11.4 Å². The second kappa shape index (κ2) is 4.27. The summed E-state index contributed by atoms with van der Waals surface area (Å²) in [6.45, 7) is 0.610. The van der Waals surface area contributed by atoms with Crippen LogP contribution in [0.3, 0.4) is 0 Å². The second-order valence-corrected chi connectivity index (χ2v) is 4.38. The van der Waals surface area contributed by atoms with Crippen molar-refractivity contribution < 1.29 is 0 Å². The summed E-state index contributed by atoms with van der Waals surface area (Å²) in [5.74, 6) is 1.21. The first-order valence-corrected chi connectivity index (χ1v) is 6.12. The summed E-state index contributed by atoms with van der Waals surface area (Å²) in [6.07, 6.45) is 1.44. The van der Waals surface area contributed by atoms with Gasteiger partial charge in [-0.3, -0.25) is 0 Å². The van der Waals surface area contributed by atoms with Crippen molar-refractivity contribution in [3.8, 4) is 0 Å². The van der Waals surface area contributed by atoms with Gasteiger partial charge in [-0.25, -0.2) is 4.98 Å². The van der Waals surface area contributed by atoms with E-state index in [9.17, 15) is 0 Å². The number of nitrogens with zero attached hydrogens (tertiary/aromatic N) is 5. The summed E-state index contributed by atoms with van der Waals surface area (Å²) in [5, 5.41) is 9.62. The molecule has 0 aliphatic rings. The minimum Gasteiger partial charge on any atom is -0.364 e. The number of hydrogen-bond acceptors (Lipinski definition) is 6. The van der Waals surface area contributed by atoms with Crippen molar-refractivity contribution in [3.63, 3.8) is 0 Å². The molecular formula is C9H7ClN6S. The highest BCUT2D eigenvalue weighted by molar-refractivity contribution is 7.07. The van der Waals surface area contributed by atoms with E-state index in [2.05, 4.69) is 25.4 Å². The lowest BCUT2D eigenvalue weighted by Gasteiger charge is -2.06. The molecule has 0 fully saturated rings. The Labute approximate surface area is 105 Å². The van der Waals surface area contributed by atoms with E-state index in [4.69, 9.17) is 11.6 Å². The van der Waals surface area contributed by atoms with Crippen molar-refractivity contribution in [2.75, 3.05) is 5.32 Å². The molecule has 3 aromatic heterocycles. The summed E-state index contributed by atoms with van der Waals surface area (Å²) >= 11 is 7.45. The molecule has 0 amide bonds. The fraction of sp³-hybridized carbons (Fsp3) is 0.111. The van der Waals surface area contributed by atoms with Crippen molar-refractivity contribution >= 4 is 34.5 Å². The highest BCUT2D eigenvalue weighted by Crippen LogP contribution is 2.15. The molecule has 3 aromatic rings. The topological polar surface area (TPSA) is 68.0 Å². The van der Waals surface area contributed by atoms with Crippen LogP contribution in [0.4, 0.5) is 5.82 Å². The van der Waals surface area contributed by atoms with Crippen molar-refractivity contribution in [2.24, 2.45) is 0 Å². The normalized spacial score (nSPS) is 10.9. The average Bonchev–Trinajstić information content (AvgIpc) is 2.95. The minimum atomic E-state index is 0.381. The molecule has 0 radical (unpaired) electrons. The lowest BCUT2D eigenvalue weighted by atomic mass is 10.4. The van der Waals surface area contributed by atoms with Gasteiger partial charge in [-0.2, -0.15) is 19.6 Å². The third-order valence-electron chi connectivity index (χ3n) is 2.15. The summed E-state index contributed by atoms with van der Waals surface area (Å²) in [7, 11) is 0. The second-order valence-electron chi connectivity index (χ2n) is 3.27. The number of aromatic nitrogens is 5. The molecule has 86 valence electrons. The monoisotopic (exact) mass is 266 g/mol. The molecule has 0 saturated heterocycles. The maximum atomic E-state index is 5.90. The Morgan fingerprint density at radius 2 is 2.35 bits per heavy atom. The van der Waals surface area contributed by atoms with E-state index in [0.29, 0.717) is 17.5 Å². The van der Waals surface area contributed by atoms with Gasteiger partial charge in [0.25, 0.3) is 5.78 Å². The van der Waals surface area contributed by atoms with Crippen LogP contribution in [-0.4, -0.2) is 24.6 Å². The van der Waals surface area contributed by atoms with E-state index in [1.165, 1.54) is 6.33 Å².